The molecule has 0 unspecified atom stereocenters. The van der Waals surface area contributed by atoms with E-state index < -0.39 is 29.9 Å². The molecule has 0 saturated heterocycles. The second-order valence-corrected chi connectivity index (χ2v) is 8.60. The van der Waals surface area contributed by atoms with Crippen molar-refractivity contribution in [2.45, 2.75) is 51.1 Å². The summed E-state index contributed by atoms with van der Waals surface area (Å²) in [6.45, 7) is 2.01. The van der Waals surface area contributed by atoms with Gasteiger partial charge in [-0.2, -0.15) is 0 Å². The third-order valence-electron chi connectivity index (χ3n) is 5.69. The molecule has 0 spiro atoms. The number of Topliss-reactive ketones (excluding diaryl/α,β-unsaturated/α-hetero) is 1. The van der Waals surface area contributed by atoms with E-state index in [1.165, 1.54) is 14.0 Å². The molecule has 37 heavy (non-hydrogen) atoms. The number of benzene rings is 1. The van der Waals surface area contributed by atoms with Crippen LogP contribution in [0, 0.1) is 5.92 Å². The number of hydrogen-bond donors (Lipinski definition) is 5. The van der Waals surface area contributed by atoms with Crippen LogP contribution in [0.4, 0.5) is 0 Å². The predicted octanol–water partition coefficient (Wildman–Crippen LogP) is -4.56. The van der Waals surface area contributed by atoms with Crippen molar-refractivity contribution >= 4 is 29.5 Å². The Bertz CT molecular complexity index is 978. The second-order valence-electron chi connectivity index (χ2n) is 8.60. The molecule has 204 valence electrons. The van der Waals surface area contributed by atoms with Crippen LogP contribution in [-0.4, -0.2) is 61.9 Å². The summed E-state index contributed by atoms with van der Waals surface area (Å²) in [4.78, 5) is 53.4. The number of methoxy groups -OCH3 is 1. The monoisotopic (exact) mass is 537 g/mol. The van der Waals surface area contributed by atoms with Crippen molar-refractivity contribution in [3.05, 3.63) is 42.0 Å². The first-order valence-electron chi connectivity index (χ1n) is 11.9. The van der Waals surface area contributed by atoms with Gasteiger partial charge in [0.2, 0.25) is 11.8 Å². The molecule has 2 amide bonds. The zero-order chi connectivity index (χ0) is 26.5. The zero-order valence-corrected chi connectivity index (χ0v) is 21.9. The summed E-state index contributed by atoms with van der Waals surface area (Å²) in [7, 11) is 1.24. The van der Waals surface area contributed by atoms with Crippen molar-refractivity contribution in [1.29, 1.82) is 0 Å². The Kier molecular flexibility index (Phi) is 13.8. The number of ketones is 1. The Labute approximate surface area is 222 Å². The number of nitrogens with two attached hydrogens (primary N) is 2. The Morgan fingerprint density at radius 2 is 1.86 bits per heavy atom. The first-order chi connectivity index (χ1) is 17.2. The third kappa shape index (κ3) is 11.3. The summed E-state index contributed by atoms with van der Waals surface area (Å²) in [6.07, 6.45) is 4.64. The van der Waals surface area contributed by atoms with Gasteiger partial charge in [-0.25, -0.2) is 4.79 Å². The number of esters is 1. The number of halogens is 1. The maximum atomic E-state index is 13.3. The van der Waals surface area contributed by atoms with Crippen LogP contribution in [0.15, 0.2) is 36.4 Å². The molecule has 12 heteroatoms. The highest BCUT2D eigenvalue weighted by Crippen LogP contribution is 2.18. The first kappa shape index (κ1) is 31.4. The second kappa shape index (κ2) is 16.2. The molecule has 3 rings (SSSR count). The van der Waals surface area contributed by atoms with E-state index in [9.17, 15) is 19.2 Å². The molecule has 11 nitrogen and oxygen atoms in total. The van der Waals surface area contributed by atoms with Gasteiger partial charge in [-0.15, -0.1) is 0 Å². The quantitative estimate of drug-likeness (QED) is 0.0791. The molecule has 0 aromatic heterocycles. The van der Waals surface area contributed by atoms with Crippen LogP contribution in [-0.2, 0) is 30.3 Å². The van der Waals surface area contributed by atoms with Gasteiger partial charge in [0.25, 0.3) is 0 Å². The number of carbonyl (C=O) groups is 4. The Balaban J connectivity index is 0.00000684. The van der Waals surface area contributed by atoms with Gasteiger partial charge in [-0.3, -0.25) is 30.8 Å². The number of hydrogen-bond acceptors (Lipinski definition) is 6. The number of carbonyl (C=O) groups excluding carboxylic acids is 4. The lowest BCUT2D eigenvalue weighted by Gasteiger charge is -2.23. The van der Waals surface area contributed by atoms with Crippen LogP contribution in [0.25, 0.3) is 0 Å². The average molecular weight is 538 g/mol. The molecule has 2 aliphatic rings. The van der Waals surface area contributed by atoms with E-state index in [-0.39, 0.29) is 55.9 Å². The van der Waals surface area contributed by atoms with Crippen LogP contribution in [0.1, 0.15) is 38.2 Å². The number of amides is 2. The standard InChI is InChI=1S/C25H35N5O6.ClH/c1-16(31)29-21-14-17-8-10-19(11-9-17)36-13-4-3-7-20(24(34)35-2)30-23(33)18(15-22(21)32)6-5-12-28-25(26)27;/h3-4,8-11,18,20-21H,5-7,12-15H2,1-2H3,(H,29,31)(H,30,33)(H4,26,27,28);1H/t18-,20+,21-;/m0./s1. The molecular weight excluding hydrogens is 502 g/mol. The number of ether oxygens (including phenoxy) is 2. The summed E-state index contributed by atoms with van der Waals surface area (Å²) in [5, 5.41) is 5.41. The summed E-state index contributed by atoms with van der Waals surface area (Å²) < 4.78 is 10.5. The van der Waals surface area contributed by atoms with E-state index in [0.717, 1.165) is 5.56 Å². The average Bonchev–Trinajstić information content (AvgIpc) is 2.84. The molecule has 7 N–H and O–H groups in total. The topological polar surface area (TPSA) is 177 Å². The Morgan fingerprint density at radius 1 is 1.16 bits per heavy atom. The van der Waals surface area contributed by atoms with E-state index in [4.69, 9.17) is 20.9 Å². The summed E-state index contributed by atoms with van der Waals surface area (Å²) in [6, 6.07) is 5.49. The van der Waals surface area contributed by atoms with E-state index in [0.29, 0.717) is 25.1 Å². The fourth-order valence-corrected chi connectivity index (χ4v) is 3.83. The highest BCUT2D eigenvalue weighted by Gasteiger charge is 2.30. The van der Waals surface area contributed by atoms with Gasteiger partial charge in [0.05, 0.1) is 19.7 Å². The van der Waals surface area contributed by atoms with Gasteiger partial charge in [-0.1, -0.05) is 24.3 Å². The van der Waals surface area contributed by atoms with Crippen molar-refractivity contribution in [1.82, 2.24) is 10.6 Å². The molecule has 0 saturated carbocycles. The van der Waals surface area contributed by atoms with Crippen LogP contribution in [0.3, 0.4) is 0 Å². The van der Waals surface area contributed by atoms with Crippen molar-refractivity contribution in [2.24, 2.45) is 17.4 Å². The van der Waals surface area contributed by atoms with E-state index in [1.54, 1.807) is 24.3 Å². The van der Waals surface area contributed by atoms with E-state index in [1.807, 2.05) is 12.1 Å². The molecular formula is C25H36ClN5O6. The molecule has 2 bridgehead atoms. The molecule has 0 fully saturated rings. The fraction of sp³-hybridized carbons (Fsp3) is 0.480. The van der Waals surface area contributed by atoms with Crippen molar-refractivity contribution in [3.8, 4) is 5.75 Å². The zero-order valence-electron chi connectivity index (χ0n) is 21.1. The SMILES string of the molecule is COC(=O)[C@H]1CC=CCOc2ccc(cc2)C[C@H](NC(C)=O)C(=O)C[C@H](CCC[NH+]=C(N)N)C(=O)N1.[Cl-]. The number of fused-ring (bicyclic) bond motifs is 13. The summed E-state index contributed by atoms with van der Waals surface area (Å²) in [5.41, 5.74) is 11.7. The third-order valence-corrected chi connectivity index (χ3v) is 5.69. The van der Waals surface area contributed by atoms with Gasteiger partial charge < -0.3 is 32.5 Å². The van der Waals surface area contributed by atoms with Crippen molar-refractivity contribution in [2.75, 3.05) is 20.3 Å². The lowest BCUT2D eigenvalue weighted by Crippen LogP contribution is -3.00. The highest BCUT2D eigenvalue weighted by molar-refractivity contribution is 5.93. The molecule has 0 radical (unpaired) electrons. The molecule has 3 atom stereocenters. The summed E-state index contributed by atoms with van der Waals surface area (Å²) in [5.74, 6) is -1.75. The fourth-order valence-electron chi connectivity index (χ4n) is 3.83. The Hall–Kier alpha value is -3.60. The molecule has 2 aliphatic heterocycles. The molecule has 2 heterocycles. The Morgan fingerprint density at radius 3 is 2.49 bits per heavy atom. The molecule has 1 aromatic carbocycles. The molecule has 0 aliphatic carbocycles. The summed E-state index contributed by atoms with van der Waals surface area (Å²) >= 11 is 0. The minimum atomic E-state index is -0.928. The van der Waals surface area contributed by atoms with Gasteiger partial charge in [-0.05, 0) is 43.4 Å². The lowest BCUT2D eigenvalue weighted by atomic mass is 9.90. The largest absolute Gasteiger partial charge is 1.00 e. The minimum absolute atomic E-state index is 0. The van der Waals surface area contributed by atoms with E-state index >= 15 is 0 Å². The first-order valence-corrected chi connectivity index (χ1v) is 11.9. The van der Waals surface area contributed by atoms with Crippen molar-refractivity contribution in [3.63, 3.8) is 0 Å². The van der Waals surface area contributed by atoms with Crippen LogP contribution < -0.4 is 44.2 Å². The minimum Gasteiger partial charge on any atom is -1.00 e. The lowest BCUT2D eigenvalue weighted by molar-refractivity contribution is -0.459. The van der Waals surface area contributed by atoms with Crippen molar-refractivity contribution < 1.29 is 46.1 Å². The highest BCUT2D eigenvalue weighted by atomic mass is 35.5. The van der Waals surface area contributed by atoms with Crippen LogP contribution >= 0.6 is 0 Å². The number of guanidine groups is 1. The smallest absolute Gasteiger partial charge is 0.338 e. The number of nitrogens with one attached hydrogen (secondary N) is 3. The van der Waals surface area contributed by atoms with Gasteiger partial charge >= 0.3 is 11.9 Å². The van der Waals surface area contributed by atoms with Crippen LogP contribution in [0.2, 0.25) is 0 Å². The number of rotatable bonds is 6. The maximum Gasteiger partial charge on any atom is 0.338 e. The van der Waals surface area contributed by atoms with Gasteiger partial charge in [0.15, 0.2) is 5.78 Å². The van der Waals surface area contributed by atoms with Crippen LogP contribution in [0.5, 0.6) is 5.75 Å². The molecule has 1 aromatic rings. The normalized spacial score (nSPS) is 20.4. The maximum absolute atomic E-state index is 13.3. The van der Waals surface area contributed by atoms with Gasteiger partial charge in [0, 0.05) is 19.3 Å². The van der Waals surface area contributed by atoms with E-state index in [2.05, 4.69) is 15.6 Å². The predicted molar refractivity (Wildman–Crippen MR) is 133 cm³/mol. The van der Waals surface area contributed by atoms with Gasteiger partial charge in [0.1, 0.15) is 18.4 Å².